The average Bonchev–Trinajstić information content (AvgIpc) is 2.34. The van der Waals surface area contributed by atoms with Crippen molar-refractivity contribution in [3.63, 3.8) is 0 Å². The van der Waals surface area contributed by atoms with Gasteiger partial charge in [-0.25, -0.2) is 15.0 Å². The van der Waals surface area contributed by atoms with Gasteiger partial charge in [-0.15, -0.1) is 0 Å². The highest BCUT2D eigenvalue weighted by molar-refractivity contribution is 5.71. The molecule has 0 bridgehead atoms. The van der Waals surface area contributed by atoms with Gasteiger partial charge in [0.15, 0.2) is 5.65 Å². The Hall–Kier alpha value is -1.45. The largest absolute Gasteiger partial charge is 0.329 e. The highest BCUT2D eigenvalue weighted by atomic mass is 15.0. The van der Waals surface area contributed by atoms with Gasteiger partial charge in [-0.2, -0.15) is 0 Å². The highest BCUT2D eigenvalue weighted by Crippen LogP contribution is 2.08. The molecule has 4 heteroatoms. The lowest BCUT2D eigenvalue weighted by Gasteiger charge is -1.94. The number of nitrogens with one attached hydrogen (secondary N) is 1. The van der Waals surface area contributed by atoms with Gasteiger partial charge in [0.25, 0.3) is 0 Å². The number of hydrogen-bond donors (Lipinski definition) is 1. The smallest absolute Gasteiger partial charge is 0.161 e. The van der Waals surface area contributed by atoms with Crippen LogP contribution in [0, 0.1) is 13.8 Å². The first-order chi connectivity index (χ1) is 5.27. The van der Waals surface area contributed by atoms with E-state index in [-0.39, 0.29) is 0 Å². The van der Waals surface area contributed by atoms with Crippen molar-refractivity contribution in [3.05, 3.63) is 17.8 Å². The van der Waals surface area contributed by atoms with E-state index in [4.69, 9.17) is 0 Å². The standard InChI is InChI=1S/C7H8N4/c1-4-6-7(9-3-8-6)11-5(2)10-4/h3H,1-2H3,(H,8,9,10,11). The number of aromatic nitrogens is 4. The van der Waals surface area contributed by atoms with E-state index >= 15 is 0 Å². The molecule has 0 aliphatic carbocycles. The molecule has 1 N–H and O–H groups in total. The zero-order valence-corrected chi connectivity index (χ0v) is 6.42. The highest BCUT2D eigenvalue weighted by Gasteiger charge is 2.02. The molecule has 2 heterocycles. The maximum absolute atomic E-state index is 4.18. The topological polar surface area (TPSA) is 54.5 Å². The number of H-pyrrole nitrogens is 1. The molecule has 2 rings (SSSR count). The van der Waals surface area contributed by atoms with E-state index in [2.05, 4.69) is 19.9 Å². The molecule has 0 amide bonds. The second kappa shape index (κ2) is 2.02. The molecule has 0 spiro atoms. The van der Waals surface area contributed by atoms with Crippen molar-refractivity contribution in [1.29, 1.82) is 0 Å². The third kappa shape index (κ3) is 0.869. The van der Waals surface area contributed by atoms with Crippen molar-refractivity contribution in [2.45, 2.75) is 13.8 Å². The van der Waals surface area contributed by atoms with Crippen molar-refractivity contribution in [3.8, 4) is 0 Å². The number of nitrogens with zero attached hydrogens (tertiary/aromatic N) is 3. The third-order valence-electron chi connectivity index (χ3n) is 1.57. The number of rotatable bonds is 0. The summed E-state index contributed by atoms with van der Waals surface area (Å²) < 4.78 is 0. The molecule has 0 aliphatic heterocycles. The van der Waals surface area contributed by atoms with Gasteiger partial charge in [-0.1, -0.05) is 0 Å². The molecule has 0 aromatic carbocycles. The van der Waals surface area contributed by atoms with Gasteiger partial charge in [-0.05, 0) is 13.8 Å². The molecule has 56 valence electrons. The minimum absolute atomic E-state index is 0.777. The van der Waals surface area contributed by atoms with Crippen molar-refractivity contribution >= 4 is 11.2 Å². The lowest BCUT2D eigenvalue weighted by molar-refractivity contribution is 1.04. The molecule has 0 radical (unpaired) electrons. The van der Waals surface area contributed by atoms with Crippen molar-refractivity contribution < 1.29 is 0 Å². The van der Waals surface area contributed by atoms with E-state index in [1.807, 2.05) is 13.8 Å². The van der Waals surface area contributed by atoms with Crippen molar-refractivity contribution in [1.82, 2.24) is 19.9 Å². The zero-order chi connectivity index (χ0) is 7.84. The summed E-state index contributed by atoms with van der Waals surface area (Å²) in [5.41, 5.74) is 2.60. The Morgan fingerprint density at radius 1 is 1.27 bits per heavy atom. The number of hydrogen-bond acceptors (Lipinski definition) is 3. The molecule has 2 aromatic heterocycles. The molecular weight excluding hydrogens is 140 g/mol. The van der Waals surface area contributed by atoms with Crippen LogP contribution < -0.4 is 0 Å². The molecule has 0 unspecified atom stereocenters. The Morgan fingerprint density at radius 2 is 2.09 bits per heavy atom. The lowest BCUT2D eigenvalue weighted by Crippen LogP contribution is -1.91. The molecule has 11 heavy (non-hydrogen) atoms. The number of aryl methyl sites for hydroxylation is 2. The first-order valence-electron chi connectivity index (χ1n) is 3.41. The number of imidazole rings is 1. The lowest BCUT2D eigenvalue weighted by atomic mass is 10.4. The summed E-state index contributed by atoms with van der Waals surface area (Å²) in [5, 5.41) is 0. The summed E-state index contributed by atoms with van der Waals surface area (Å²) >= 11 is 0. The predicted octanol–water partition coefficient (Wildman–Crippen LogP) is 0.970. The monoisotopic (exact) mass is 148 g/mol. The maximum Gasteiger partial charge on any atom is 0.161 e. The van der Waals surface area contributed by atoms with Crippen LogP contribution in [-0.4, -0.2) is 19.9 Å². The molecule has 0 saturated heterocycles. The normalized spacial score (nSPS) is 10.7. The Morgan fingerprint density at radius 3 is 2.91 bits per heavy atom. The average molecular weight is 148 g/mol. The van der Waals surface area contributed by atoms with Crippen LogP contribution in [-0.2, 0) is 0 Å². The van der Waals surface area contributed by atoms with Crippen LogP contribution in [0.5, 0.6) is 0 Å². The van der Waals surface area contributed by atoms with E-state index in [0.717, 1.165) is 22.7 Å². The van der Waals surface area contributed by atoms with Gasteiger partial charge < -0.3 is 4.98 Å². The summed E-state index contributed by atoms with van der Waals surface area (Å²) in [5.74, 6) is 0.777. The van der Waals surface area contributed by atoms with Crippen molar-refractivity contribution in [2.75, 3.05) is 0 Å². The van der Waals surface area contributed by atoms with Gasteiger partial charge in [0.2, 0.25) is 0 Å². The second-order valence-electron chi connectivity index (χ2n) is 2.46. The predicted molar refractivity (Wildman–Crippen MR) is 41.2 cm³/mol. The maximum atomic E-state index is 4.18. The molecular formula is C7H8N4. The second-order valence-corrected chi connectivity index (χ2v) is 2.46. The quantitative estimate of drug-likeness (QED) is 0.605. The van der Waals surface area contributed by atoms with E-state index < -0.39 is 0 Å². The van der Waals surface area contributed by atoms with E-state index in [9.17, 15) is 0 Å². The van der Waals surface area contributed by atoms with Crippen LogP contribution in [0.4, 0.5) is 0 Å². The number of aromatic amines is 1. The minimum Gasteiger partial charge on any atom is -0.329 e. The first kappa shape index (κ1) is 6.27. The Kier molecular flexibility index (Phi) is 1.15. The fraction of sp³-hybridized carbons (Fsp3) is 0.286. The molecule has 0 atom stereocenters. The first-order valence-corrected chi connectivity index (χ1v) is 3.41. The van der Waals surface area contributed by atoms with Crippen LogP contribution >= 0.6 is 0 Å². The van der Waals surface area contributed by atoms with E-state index in [0.29, 0.717) is 0 Å². The fourth-order valence-corrected chi connectivity index (χ4v) is 1.12. The van der Waals surface area contributed by atoms with E-state index in [1.54, 1.807) is 6.33 Å². The molecule has 4 nitrogen and oxygen atoms in total. The van der Waals surface area contributed by atoms with Crippen LogP contribution in [0.3, 0.4) is 0 Å². The molecule has 0 aliphatic rings. The summed E-state index contributed by atoms with van der Waals surface area (Å²) in [7, 11) is 0. The Labute approximate surface area is 63.7 Å². The van der Waals surface area contributed by atoms with Crippen LogP contribution in [0.2, 0.25) is 0 Å². The van der Waals surface area contributed by atoms with Gasteiger partial charge in [0, 0.05) is 0 Å². The SMILES string of the molecule is Cc1nc(C)c2nc[nH]c2n1. The van der Waals surface area contributed by atoms with Crippen LogP contribution in [0.15, 0.2) is 6.33 Å². The van der Waals surface area contributed by atoms with Crippen LogP contribution in [0.25, 0.3) is 11.2 Å². The van der Waals surface area contributed by atoms with Crippen molar-refractivity contribution in [2.24, 2.45) is 0 Å². The molecule has 0 saturated carbocycles. The third-order valence-corrected chi connectivity index (χ3v) is 1.57. The summed E-state index contributed by atoms with van der Waals surface area (Å²) in [4.78, 5) is 15.4. The summed E-state index contributed by atoms with van der Waals surface area (Å²) in [6.07, 6.45) is 1.63. The van der Waals surface area contributed by atoms with Gasteiger partial charge >= 0.3 is 0 Å². The minimum atomic E-state index is 0.777. The summed E-state index contributed by atoms with van der Waals surface area (Å²) in [6.45, 7) is 3.80. The molecule has 2 aromatic rings. The van der Waals surface area contributed by atoms with E-state index in [1.165, 1.54) is 0 Å². The van der Waals surface area contributed by atoms with Crippen LogP contribution in [0.1, 0.15) is 11.5 Å². The molecule has 0 fully saturated rings. The Balaban J connectivity index is 2.91. The van der Waals surface area contributed by atoms with Gasteiger partial charge in [0.05, 0.1) is 12.0 Å². The van der Waals surface area contributed by atoms with Gasteiger partial charge in [0.1, 0.15) is 11.3 Å². The zero-order valence-electron chi connectivity index (χ0n) is 6.42. The van der Waals surface area contributed by atoms with Gasteiger partial charge in [-0.3, -0.25) is 0 Å². The number of fused-ring (bicyclic) bond motifs is 1. The summed E-state index contributed by atoms with van der Waals surface area (Å²) in [6, 6.07) is 0. The fourth-order valence-electron chi connectivity index (χ4n) is 1.12. The Bertz CT molecular complexity index is 390.